The Bertz CT molecular complexity index is 542. The smallest absolute Gasteiger partial charge is 0.120 e. The summed E-state index contributed by atoms with van der Waals surface area (Å²) < 4.78 is 5.77. The van der Waals surface area contributed by atoms with Gasteiger partial charge in [-0.25, -0.2) is 0 Å². The fourth-order valence-electron chi connectivity index (χ4n) is 2.03. The Kier molecular flexibility index (Phi) is 4.80. The van der Waals surface area contributed by atoms with Gasteiger partial charge in [0.15, 0.2) is 0 Å². The summed E-state index contributed by atoms with van der Waals surface area (Å²) in [4.78, 5) is 0. The number of rotatable bonds is 5. The first-order valence-corrected chi connectivity index (χ1v) is 7.06. The maximum atomic E-state index is 9.56. The molecule has 2 aromatic rings. The molecule has 2 heteroatoms. The maximum Gasteiger partial charge on any atom is 0.120 e. The topological polar surface area (TPSA) is 29.5 Å². The molecule has 1 atom stereocenters. The Balaban J connectivity index is 1.99. The van der Waals surface area contributed by atoms with Gasteiger partial charge in [-0.3, -0.25) is 0 Å². The number of ether oxygens (including phenoxy) is 1. The van der Waals surface area contributed by atoms with Crippen molar-refractivity contribution in [1.82, 2.24) is 0 Å². The predicted molar refractivity (Wildman–Crippen MR) is 81.9 cm³/mol. The molecule has 2 nitrogen and oxygen atoms in total. The van der Waals surface area contributed by atoms with Gasteiger partial charge in [-0.1, -0.05) is 50.2 Å². The van der Waals surface area contributed by atoms with Crippen LogP contribution in [0.15, 0.2) is 48.5 Å². The summed E-state index contributed by atoms with van der Waals surface area (Å²) >= 11 is 0. The van der Waals surface area contributed by atoms with Crippen molar-refractivity contribution >= 4 is 0 Å². The number of aliphatic hydroxyl groups is 1. The molecule has 0 heterocycles. The van der Waals surface area contributed by atoms with Crippen LogP contribution in [-0.2, 0) is 6.61 Å². The first-order chi connectivity index (χ1) is 9.56. The Morgan fingerprint density at radius 1 is 0.950 bits per heavy atom. The van der Waals surface area contributed by atoms with Crippen molar-refractivity contribution in [1.29, 1.82) is 0 Å². The molecular weight excluding hydrogens is 248 g/mol. The van der Waals surface area contributed by atoms with Crippen molar-refractivity contribution in [2.24, 2.45) is 0 Å². The van der Waals surface area contributed by atoms with Crippen LogP contribution in [-0.4, -0.2) is 5.11 Å². The van der Waals surface area contributed by atoms with Crippen molar-refractivity contribution in [2.75, 3.05) is 0 Å². The van der Waals surface area contributed by atoms with Crippen LogP contribution in [0, 0.1) is 0 Å². The minimum Gasteiger partial charge on any atom is -0.489 e. The van der Waals surface area contributed by atoms with E-state index in [1.165, 1.54) is 5.56 Å². The van der Waals surface area contributed by atoms with Gasteiger partial charge in [0, 0.05) is 0 Å². The second kappa shape index (κ2) is 6.58. The predicted octanol–water partition coefficient (Wildman–Crippen LogP) is 4.44. The molecule has 0 amide bonds. The molecule has 0 saturated carbocycles. The molecule has 0 aliphatic rings. The highest BCUT2D eigenvalue weighted by Crippen LogP contribution is 2.20. The van der Waals surface area contributed by atoms with E-state index in [-0.39, 0.29) is 0 Å². The fraction of sp³-hybridized carbons (Fsp3) is 0.333. The van der Waals surface area contributed by atoms with E-state index in [1.54, 1.807) is 6.92 Å². The van der Waals surface area contributed by atoms with Crippen LogP contribution in [0.5, 0.6) is 5.75 Å². The average molecular weight is 270 g/mol. The first kappa shape index (κ1) is 14.6. The van der Waals surface area contributed by atoms with Crippen LogP contribution >= 0.6 is 0 Å². The van der Waals surface area contributed by atoms with Crippen LogP contribution in [0.1, 0.15) is 49.5 Å². The number of hydrogen-bond acceptors (Lipinski definition) is 2. The highest BCUT2D eigenvalue weighted by Gasteiger charge is 2.03. The van der Waals surface area contributed by atoms with Gasteiger partial charge in [0.1, 0.15) is 12.4 Å². The van der Waals surface area contributed by atoms with Crippen molar-refractivity contribution < 1.29 is 9.84 Å². The molecule has 20 heavy (non-hydrogen) atoms. The zero-order valence-electron chi connectivity index (χ0n) is 12.3. The Morgan fingerprint density at radius 2 is 1.65 bits per heavy atom. The monoisotopic (exact) mass is 270 g/mol. The van der Waals surface area contributed by atoms with Gasteiger partial charge in [-0.2, -0.15) is 0 Å². The van der Waals surface area contributed by atoms with Crippen LogP contribution in [0.25, 0.3) is 0 Å². The van der Waals surface area contributed by atoms with E-state index in [0.29, 0.717) is 12.5 Å². The van der Waals surface area contributed by atoms with Crippen LogP contribution in [0.3, 0.4) is 0 Å². The number of benzene rings is 2. The van der Waals surface area contributed by atoms with E-state index >= 15 is 0 Å². The standard InChI is InChI=1S/C18H22O2/c1-13(2)16-9-7-15(8-10-16)12-20-18-6-4-5-17(11-18)14(3)19/h4-11,13-14,19H,12H2,1-3H3/t14-/m1/s1. The summed E-state index contributed by atoms with van der Waals surface area (Å²) in [5.74, 6) is 1.34. The van der Waals surface area contributed by atoms with E-state index < -0.39 is 6.10 Å². The van der Waals surface area contributed by atoms with Gasteiger partial charge in [0.25, 0.3) is 0 Å². The Morgan fingerprint density at radius 3 is 2.25 bits per heavy atom. The summed E-state index contributed by atoms with van der Waals surface area (Å²) in [6.07, 6.45) is -0.469. The van der Waals surface area contributed by atoms with Gasteiger partial charge in [-0.05, 0) is 41.7 Å². The molecule has 0 unspecified atom stereocenters. The lowest BCUT2D eigenvalue weighted by Gasteiger charge is -2.10. The molecule has 2 rings (SSSR count). The fourth-order valence-corrected chi connectivity index (χ4v) is 2.03. The Hall–Kier alpha value is -1.80. The van der Waals surface area contributed by atoms with E-state index in [4.69, 9.17) is 4.74 Å². The van der Waals surface area contributed by atoms with Crippen LogP contribution in [0.4, 0.5) is 0 Å². The molecule has 0 fully saturated rings. The van der Waals surface area contributed by atoms with E-state index in [0.717, 1.165) is 16.9 Å². The quantitative estimate of drug-likeness (QED) is 0.870. The van der Waals surface area contributed by atoms with Gasteiger partial charge < -0.3 is 9.84 Å². The van der Waals surface area contributed by atoms with Gasteiger partial charge in [-0.15, -0.1) is 0 Å². The summed E-state index contributed by atoms with van der Waals surface area (Å²) in [5, 5.41) is 9.56. The van der Waals surface area contributed by atoms with Crippen molar-refractivity contribution in [2.45, 2.75) is 39.4 Å². The summed E-state index contributed by atoms with van der Waals surface area (Å²) in [5.41, 5.74) is 3.36. The lowest BCUT2D eigenvalue weighted by molar-refractivity contribution is 0.198. The second-order valence-corrected chi connectivity index (χ2v) is 5.43. The number of aliphatic hydroxyl groups excluding tert-OH is 1. The van der Waals surface area contributed by atoms with Crippen molar-refractivity contribution in [3.05, 3.63) is 65.2 Å². The summed E-state index contributed by atoms with van der Waals surface area (Å²) in [7, 11) is 0. The third-order valence-electron chi connectivity index (χ3n) is 3.39. The van der Waals surface area contributed by atoms with Gasteiger partial charge in [0.05, 0.1) is 6.10 Å². The molecule has 1 N–H and O–H groups in total. The van der Waals surface area contributed by atoms with Crippen molar-refractivity contribution in [3.63, 3.8) is 0 Å². The molecule has 106 valence electrons. The minimum atomic E-state index is -0.469. The molecule has 0 saturated heterocycles. The third-order valence-corrected chi connectivity index (χ3v) is 3.39. The SMILES string of the molecule is CC(C)c1ccc(COc2cccc([C@@H](C)O)c2)cc1. The highest BCUT2D eigenvalue weighted by molar-refractivity contribution is 5.30. The molecule has 0 aliphatic heterocycles. The largest absolute Gasteiger partial charge is 0.489 e. The van der Waals surface area contributed by atoms with E-state index in [9.17, 15) is 5.11 Å². The molecular formula is C18H22O2. The second-order valence-electron chi connectivity index (χ2n) is 5.43. The highest BCUT2D eigenvalue weighted by atomic mass is 16.5. The normalized spacial score (nSPS) is 12.4. The summed E-state index contributed by atoms with van der Waals surface area (Å²) in [6, 6.07) is 16.1. The van der Waals surface area contributed by atoms with E-state index in [2.05, 4.69) is 38.1 Å². The molecule has 0 bridgehead atoms. The molecule has 0 aliphatic carbocycles. The zero-order valence-corrected chi connectivity index (χ0v) is 12.3. The minimum absolute atomic E-state index is 0.469. The van der Waals surface area contributed by atoms with Crippen LogP contribution < -0.4 is 4.74 Å². The average Bonchev–Trinajstić information content (AvgIpc) is 2.46. The Labute approximate surface area is 121 Å². The molecule has 2 aromatic carbocycles. The maximum absolute atomic E-state index is 9.56. The first-order valence-electron chi connectivity index (χ1n) is 7.06. The van der Waals surface area contributed by atoms with Gasteiger partial charge in [0.2, 0.25) is 0 Å². The van der Waals surface area contributed by atoms with E-state index in [1.807, 2.05) is 24.3 Å². The lowest BCUT2D eigenvalue weighted by Crippen LogP contribution is -1.98. The van der Waals surface area contributed by atoms with Gasteiger partial charge >= 0.3 is 0 Å². The lowest BCUT2D eigenvalue weighted by atomic mass is 10.0. The zero-order chi connectivity index (χ0) is 14.5. The van der Waals surface area contributed by atoms with Crippen LogP contribution in [0.2, 0.25) is 0 Å². The molecule has 0 radical (unpaired) electrons. The third kappa shape index (κ3) is 3.84. The number of hydrogen-bond donors (Lipinski definition) is 1. The molecule has 0 spiro atoms. The summed E-state index contributed by atoms with van der Waals surface area (Å²) in [6.45, 7) is 6.67. The molecule has 0 aromatic heterocycles. The van der Waals surface area contributed by atoms with Crippen molar-refractivity contribution in [3.8, 4) is 5.75 Å².